The van der Waals surface area contributed by atoms with Gasteiger partial charge in [-0.05, 0) is 42.1 Å². The van der Waals surface area contributed by atoms with Gasteiger partial charge in [-0.15, -0.1) is 0 Å². The highest BCUT2D eigenvalue weighted by atomic mass is 15.1. The molecule has 3 aromatic rings. The van der Waals surface area contributed by atoms with Gasteiger partial charge in [-0.1, -0.05) is 50.2 Å². The molecule has 2 aromatic carbocycles. The quantitative estimate of drug-likeness (QED) is 0.745. The predicted molar refractivity (Wildman–Crippen MR) is 96.7 cm³/mol. The molecule has 0 atom stereocenters. The first kappa shape index (κ1) is 15.8. The number of nitrogens with zero attached hydrogens (tertiary/aromatic N) is 2. The zero-order valence-electron chi connectivity index (χ0n) is 14.0. The Morgan fingerprint density at radius 1 is 1.04 bits per heavy atom. The number of imidazole rings is 1. The van der Waals surface area contributed by atoms with Crippen LogP contribution in [0.2, 0.25) is 0 Å². The van der Waals surface area contributed by atoms with Crippen molar-refractivity contribution in [3.8, 4) is 0 Å². The molecular weight excluding hydrogens is 282 g/mol. The predicted octanol–water partition coefficient (Wildman–Crippen LogP) is 4.10. The average Bonchev–Trinajstić information content (AvgIpc) is 2.91. The first-order valence-corrected chi connectivity index (χ1v) is 8.42. The number of para-hydroxylation sites is 2. The fraction of sp³-hybridized carbons (Fsp3) is 0.350. The van der Waals surface area contributed by atoms with Crippen LogP contribution in [0.3, 0.4) is 0 Å². The van der Waals surface area contributed by atoms with Crippen LogP contribution in [0.1, 0.15) is 43.1 Å². The van der Waals surface area contributed by atoms with Crippen molar-refractivity contribution in [3.63, 3.8) is 0 Å². The average molecular weight is 307 g/mol. The molecule has 0 bridgehead atoms. The minimum Gasteiger partial charge on any atom is -0.330 e. The lowest BCUT2D eigenvalue weighted by Crippen LogP contribution is -2.08. The monoisotopic (exact) mass is 307 g/mol. The molecule has 0 amide bonds. The number of benzene rings is 2. The second-order valence-electron chi connectivity index (χ2n) is 6.39. The summed E-state index contributed by atoms with van der Waals surface area (Å²) < 4.78 is 2.33. The molecular formula is C20H25N3. The molecule has 1 aromatic heterocycles. The third-order valence-corrected chi connectivity index (χ3v) is 4.33. The molecule has 3 rings (SSSR count). The van der Waals surface area contributed by atoms with Crippen LogP contribution in [0.25, 0.3) is 11.0 Å². The summed E-state index contributed by atoms with van der Waals surface area (Å²) in [6, 6.07) is 17.3. The van der Waals surface area contributed by atoms with E-state index in [1.54, 1.807) is 0 Å². The minimum atomic E-state index is 0.568. The summed E-state index contributed by atoms with van der Waals surface area (Å²) in [6.07, 6.45) is 1.89. The topological polar surface area (TPSA) is 43.8 Å². The largest absolute Gasteiger partial charge is 0.330 e. The Bertz CT molecular complexity index is 769. The normalized spacial score (nSPS) is 11.5. The second-order valence-corrected chi connectivity index (χ2v) is 6.39. The van der Waals surface area contributed by atoms with Gasteiger partial charge in [0.1, 0.15) is 5.82 Å². The molecule has 0 spiro atoms. The van der Waals surface area contributed by atoms with Crippen LogP contribution in [0.4, 0.5) is 0 Å². The Balaban J connectivity index is 1.94. The summed E-state index contributed by atoms with van der Waals surface area (Å²) in [6.45, 7) is 6.01. The van der Waals surface area contributed by atoms with Gasteiger partial charge < -0.3 is 10.3 Å². The fourth-order valence-corrected chi connectivity index (χ4v) is 2.94. The molecule has 1 heterocycles. The van der Waals surface area contributed by atoms with Gasteiger partial charge in [0.2, 0.25) is 0 Å². The van der Waals surface area contributed by atoms with Gasteiger partial charge in [0.25, 0.3) is 0 Å². The van der Waals surface area contributed by atoms with Crippen molar-refractivity contribution >= 4 is 11.0 Å². The molecule has 23 heavy (non-hydrogen) atoms. The molecule has 3 nitrogen and oxygen atoms in total. The lowest BCUT2D eigenvalue weighted by molar-refractivity contribution is 0.703. The van der Waals surface area contributed by atoms with Crippen LogP contribution < -0.4 is 5.73 Å². The molecule has 0 fully saturated rings. The van der Waals surface area contributed by atoms with Crippen molar-refractivity contribution in [1.82, 2.24) is 9.55 Å². The van der Waals surface area contributed by atoms with E-state index in [4.69, 9.17) is 10.7 Å². The summed E-state index contributed by atoms with van der Waals surface area (Å²) in [4.78, 5) is 4.80. The number of fused-ring (bicyclic) bond motifs is 1. The van der Waals surface area contributed by atoms with Crippen LogP contribution in [0, 0.1) is 0 Å². The van der Waals surface area contributed by atoms with Crippen molar-refractivity contribution < 1.29 is 0 Å². The number of nitrogens with two attached hydrogens (primary N) is 1. The van der Waals surface area contributed by atoms with Crippen LogP contribution >= 0.6 is 0 Å². The first-order valence-electron chi connectivity index (χ1n) is 8.42. The third kappa shape index (κ3) is 3.45. The SMILES string of the molecule is CC(C)c1ccc(Cn2c(CCCN)nc3ccccc32)cc1. The number of rotatable bonds is 6. The highest BCUT2D eigenvalue weighted by Gasteiger charge is 2.10. The zero-order valence-corrected chi connectivity index (χ0v) is 14.0. The van der Waals surface area contributed by atoms with Gasteiger partial charge in [-0.3, -0.25) is 0 Å². The summed E-state index contributed by atoms with van der Waals surface area (Å²) in [5, 5.41) is 0. The Labute approximate surface area is 138 Å². The van der Waals surface area contributed by atoms with E-state index in [0.29, 0.717) is 12.5 Å². The summed E-state index contributed by atoms with van der Waals surface area (Å²) in [5.41, 5.74) is 10.6. The van der Waals surface area contributed by atoms with Crippen molar-refractivity contribution in [2.75, 3.05) is 6.54 Å². The lowest BCUT2D eigenvalue weighted by atomic mass is 10.0. The van der Waals surface area contributed by atoms with Gasteiger partial charge in [0.15, 0.2) is 0 Å². The Kier molecular flexibility index (Phi) is 4.77. The molecule has 0 saturated carbocycles. The lowest BCUT2D eigenvalue weighted by Gasteiger charge is -2.11. The van der Waals surface area contributed by atoms with Gasteiger partial charge in [0.05, 0.1) is 11.0 Å². The maximum absolute atomic E-state index is 5.68. The van der Waals surface area contributed by atoms with Crippen LogP contribution in [-0.4, -0.2) is 16.1 Å². The van der Waals surface area contributed by atoms with E-state index in [1.807, 2.05) is 6.07 Å². The Morgan fingerprint density at radius 3 is 2.48 bits per heavy atom. The van der Waals surface area contributed by atoms with Crippen LogP contribution in [0.5, 0.6) is 0 Å². The number of hydrogen-bond donors (Lipinski definition) is 1. The molecule has 0 aliphatic rings. The number of aromatic nitrogens is 2. The van der Waals surface area contributed by atoms with E-state index in [0.717, 1.165) is 30.7 Å². The van der Waals surface area contributed by atoms with E-state index in [1.165, 1.54) is 16.6 Å². The maximum Gasteiger partial charge on any atom is 0.110 e. The first-order chi connectivity index (χ1) is 11.2. The smallest absolute Gasteiger partial charge is 0.110 e. The van der Waals surface area contributed by atoms with Gasteiger partial charge in [-0.25, -0.2) is 4.98 Å². The van der Waals surface area contributed by atoms with Gasteiger partial charge in [-0.2, -0.15) is 0 Å². The third-order valence-electron chi connectivity index (χ3n) is 4.33. The standard InChI is InChI=1S/C20H25N3/c1-15(2)17-11-9-16(10-12-17)14-23-19-7-4-3-6-18(19)22-20(23)8-5-13-21/h3-4,6-7,9-12,15H,5,8,13-14,21H2,1-2H3. The van der Waals surface area contributed by atoms with E-state index in [-0.39, 0.29) is 0 Å². The van der Waals surface area contributed by atoms with E-state index in [9.17, 15) is 0 Å². The molecule has 2 N–H and O–H groups in total. The minimum absolute atomic E-state index is 0.568. The Morgan fingerprint density at radius 2 is 1.78 bits per heavy atom. The van der Waals surface area contributed by atoms with E-state index >= 15 is 0 Å². The summed E-state index contributed by atoms with van der Waals surface area (Å²) in [7, 11) is 0. The Hall–Kier alpha value is -2.13. The van der Waals surface area contributed by atoms with Crippen molar-refractivity contribution in [3.05, 3.63) is 65.5 Å². The molecule has 0 aliphatic carbocycles. The zero-order chi connectivity index (χ0) is 16.2. The number of aryl methyl sites for hydroxylation is 1. The van der Waals surface area contributed by atoms with Gasteiger partial charge >= 0.3 is 0 Å². The molecule has 0 unspecified atom stereocenters. The molecule has 0 aliphatic heterocycles. The maximum atomic E-state index is 5.68. The highest BCUT2D eigenvalue weighted by molar-refractivity contribution is 5.76. The van der Waals surface area contributed by atoms with Crippen molar-refractivity contribution in [2.24, 2.45) is 5.73 Å². The summed E-state index contributed by atoms with van der Waals surface area (Å²) in [5.74, 6) is 1.70. The van der Waals surface area contributed by atoms with Crippen molar-refractivity contribution in [1.29, 1.82) is 0 Å². The second kappa shape index (κ2) is 6.97. The summed E-state index contributed by atoms with van der Waals surface area (Å²) >= 11 is 0. The molecule has 3 heteroatoms. The highest BCUT2D eigenvalue weighted by Crippen LogP contribution is 2.20. The molecule has 0 saturated heterocycles. The van der Waals surface area contributed by atoms with Gasteiger partial charge in [0, 0.05) is 13.0 Å². The van der Waals surface area contributed by atoms with Crippen molar-refractivity contribution in [2.45, 2.75) is 39.2 Å². The molecule has 0 radical (unpaired) electrons. The van der Waals surface area contributed by atoms with Crippen LogP contribution in [-0.2, 0) is 13.0 Å². The molecule has 120 valence electrons. The van der Waals surface area contributed by atoms with E-state index < -0.39 is 0 Å². The van der Waals surface area contributed by atoms with Crippen LogP contribution in [0.15, 0.2) is 48.5 Å². The van der Waals surface area contributed by atoms with E-state index in [2.05, 4.69) is 60.9 Å². The fourth-order valence-electron chi connectivity index (χ4n) is 2.94. The number of hydrogen-bond acceptors (Lipinski definition) is 2.